The minimum Gasteiger partial charge on any atom is -0.455 e. The Hall–Kier alpha value is -1.41. The van der Waals surface area contributed by atoms with E-state index in [-0.39, 0.29) is 5.76 Å². The van der Waals surface area contributed by atoms with Crippen LogP contribution < -0.4 is 0 Å². The number of rotatable bonds is 0. The first-order valence-electron chi connectivity index (χ1n) is 3.29. The summed E-state index contributed by atoms with van der Waals surface area (Å²) in [5.41, 5.74) is -0.880. The molecule has 0 unspecified atom stereocenters. The van der Waals surface area contributed by atoms with Crippen LogP contribution in [-0.4, -0.2) is 11.7 Å². The van der Waals surface area contributed by atoms with Gasteiger partial charge in [-0.05, 0) is 5.92 Å². The van der Waals surface area contributed by atoms with E-state index in [1.807, 2.05) is 0 Å². The van der Waals surface area contributed by atoms with Crippen LogP contribution in [0, 0.1) is 11.8 Å². The maximum atomic E-state index is 12.0. The van der Waals surface area contributed by atoms with Gasteiger partial charge in [0.05, 0.1) is 5.56 Å². The van der Waals surface area contributed by atoms with Gasteiger partial charge in [0.25, 0.3) is 0 Å². The second-order valence-electron chi connectivity index (χ2n) is 2.16. The summed E-state index contributed by atoms with van der Waals surface area (Å²) < 4.78 is 40.4. The predicted molar refractivity (Wildman–Crippen MR) is 37.7 cm³/mol. The minimum absolute atomic E-state index is 0.110. The first kappa shape index (κ1) is 9.68. The van der Waals surface area contributed by atoms with Crippen molar-refractivity contribution in [3.63, 3.8) is 0 Å². The number of aliphatic hydroxyl groups excluding tert-OH is 1. The highest BCUT2D eigenvalue weighted by atomic mass is 19.4. The Balaban J connectivity index is 2.87. The average Bonchev–Trinajstić information content (AvgIpc) is 2.47. The van der Waals surface area contributed by atoms with Crippen LogP contribution in [0.1, 0.15) is 11.3 Å². The topological polar surface area (TPSA) is 33.4 Å². The van der Waals surface area contributed by atoms with Gasteiger partial charge in [-0.3, -0.25) is 0 Å². The van der Waals surface area contributed by atoms with Crippen molar-refractivity contribution in [3.8, 4) is 11.8 Å². The summed E-state index contributed by atoms with van der Waals surface area (Å²) >= 11 is 0. The smallest absolute Gasteiger partial charge is 0.419 e. The molecule has 1 aromatic rings. The standard InChI is InChI=1S/C8H5F3O2/c9-8(10,11)6-4-7(13-5-6)2-1-3-12/h4-5,12H,3H2. The van der Waals surface area contributed by atoms with Gasteiger partial charge in [0, 0.05) is 6.07 Å². The van der Waals surface area contributed by atoms with Gasteiger partial charge in [0.15, 0.2) is 5.76 Å². The average molecular weight is 190 g/mol. The molecule has 70 valence electrons. The lowest BCUT2D eigenvalue weighted by atomic mass is 10.3. The number of hydrogen-bond donors (Lipinski definition) is 1. The minimum atomic E-state index is -4.41. The third-order valence-electron chi connectivity index (χ3n) is 1.22. The molecule has 0 bridgehead atoms. The van der Waals surface area contributed by atoms with E-state index >= 15 is 0 Å². The second kappa shape index (κ2) is 3.54. The number of alkyl halides is 3. The van der Waals surface area contributed by atoms with E-state index < -0.39 is 18.3 Å². The lowest BCUT2D eigenvalue weighted by molar-refractivity contribution is -0.137. The molecule has 1 rings (SSSR count). The highest BCUT2D eigenvalue weighted by molar-refractivity contribution is 5.29. The zero-order chi connectivity index (χ0) is 9.90. The van der Waals surface area contributed by atoms with Crippen LogP contribution in [0.5, 0.6) is 0 Å². The van der Waals surface area contributed by atoms with Gasteiger partial charge in [-0.1, -0.05) is 5.92 Å². The van der Waals surface area contributed by atoms with Crippen molar-refractivity contribution in [2.75, 3.05) is 6.61 Å². The maximum absolute atomic E-state index is 12.0. The number of aliphatic hydroxyl groups is 1. The van der Waals surface area contributed by atoms with Gasteiger partial charge < -0.3 is 9.52 Å². The fraction of sp³-hybridized carbons (Fsp3) is 0.250. The third-order valence-corrected chi connectivity index (χ3v) is 1.22. The zero-order valence-corrected chi connectivity index (χ0v) is 6.35. The summed E-state index contributed by atoms with van der Waals surface area (Å²) in [6.45, 7) is -0.415. The molecule has 0 spiro atoms. The summed E-state index contributed by atoms with van der Waals surface area (Å²) in [5, 5.41) is 8.26. The summed E-state index contributed by atoms with van der Waals surface area (Å²) in [5.74, 6) is 4.28. The molecular formula is C8H5F3O2. The van der Waals surface area contributed by atoms with Crippen LogP contribution >= 0.6 is 0 Å². The van der Waals surface area contributed by atoms with Crippen LogP contribution in [-0.2, 0) is 6.18 Å². The van der Waals surface area contributed by atoms with Crippen LogP contribution in [0.15, 0.2) is 16.7 Å². The molecule has 0 amide bonds. The van der Waals surface area contributed by atoms with E-state index in [0.717, 1.165) is 6.07 Å². The number of hydrogen-bond acceptors (Lipinski definition) is 2. The van der Waals surface area contributed by atoms with Crippen molar-refractivity contribution in [1.82, 2.24) is 0 Å². The highest BCUT2D eigenvalue weighted by Gasteiger charge is 2.32. The lowest BCUT2D eigenvalue weighted by Crippen LogP contribution is -2.01. The molecule has 0 atom stereocenters. The molecule has 0 aliphatic carbocycles. The SMILES string of the molecule is OCC#Cc1cc(C(F)(F)F)co1. The summed E-state index contributed by atoms with van der Waals surface area (Å²) in [7, 11) is 0. The second-order valence-corrected chi connectivity index (χ2v) is 2.16. The molecule has 1 heterocycles. The van der Waals surface area contributed by atoms with Crippen molar-refractivity contribution < 1.29 is 22.7 Å². The first-order chi connectivity index (χ1) is 6.04. The molecular weight excluding hydrogens is 185 g/mol. The van der Waals surface area contributed by atoms with Crippen molar-refractivity contribution in [1.29, 1.82) is 0 Å². The number of halogens is 3. The van der Waals surface area contributed by atoms with E-state index in [4.69, 9.17) is 5.11 Å². The van der Waals surface area contributed by atoms with Gasteiger partial charge in [0.1, 0.15) is 12.9 Å². The van der Waals surface area contributed by atoms with Crippen molar-refractivity contribution in [2.45, 2.75) is 6.18 Å². The van der Waals surface area contributed by atoms with Crippen molar-refractivity contribution >= 4 is 0 Å². The monoisotopic (exact) mass is 190 g/mol. The fourth-order valence-corrected chi connectivity index (χ4v) is 0.677. The Labute approximate surface area is 72.0 Å². The maximum Gasteiger partial charge on any atom is 0.419 e. The van der Waals surface area contributed by atoms with E-state index in [1.54, 1.807) is 0 Å². The fourth-order valence-electron chi connectivity index (χ4n) is 0.677. The van der Waals surface area contributed by atoms with Crippen LogP contribution in [0.2, 0.25) is 0 Å². The van der Waals surface area contributed by atoms with Gasteiger partial charge >= 0.3 is 6.18 Å². The Morgan fingerprint density at radius 1 is 1.46 bits per heavy atom. The normalized spacial score (nSPS) is 10.8. The van der Waals surface area contributed by atoms with E-state index in [2.05, 4.69) is 16.3 Å². The van der Waals surface area contributed by atoms with Crippen molar-refractivity contribution in [3.05, 3.63) is 23.7 Å². The van der Waals surface area contributed by atoms with Gasteiger partial charge in [0.2, 0.25) is 0 Å². The lowest BCUT2D eigenvalue weighted by Gasteiger charge is -1.98. The highest BCUT2D eigenvalue weighted by Crippen LogP contribution is 2.30. The number of furan rings is 1. The predicted octanol–water partition coefficient (Wildman–Crippen LogP) is 1.64. The molecule has 0 aliphatic heterocycles. The summed E-state index contributed by atoms with van der Waals surface area (Å²) in [4.78, 5) is 0. The van der Waals surface area contributed by atoms with Gasteiger partial charge in [-0.25, -0.2) is 0 Å². The molecule has 2 nitrogen and oxygen atoms in total. The Morgan fingerprint density at radius 3 is 2.62 bits per heavy atom. The molecule has 1 aromatic heterocycles. The molecule has 5 heteroatoms. The van der Waals surface area contributed by atoms with E-state index in [1.165, 1.54) is 0 Å². The Bertz CT molecular complexity index is 340. The van der Waals surface area contributed by atoms with E-state index in [9.17, 15) is 13.2 Å². The first-order valence-corrected chi connectivity index (χ1v) is 3.29. The quantitative estimate of drug-likeness (QED) is 0.631. The van der Waals surface area contributed by atoms with Gasteiger partial charge in [-0.15, -0.1) is 0 Å². The molecule has 0 aromatic carbocycles. The van der Waals surface area contributed by atoms with E-state index in [0.29, 0.717) is 6.26 Å². The molecule has 0 radical (unpaired) electrons. The molecule has 0 saturated heterocycles. The van der Waals surface area contributed by atoms with Gasteiger partial charge in [-0.2, -0.15) is 13.2 Å². The summed E-state index contributed by atoms with van der Waals surface area (Å²) in [6, 6.07) is 0.780. The Morgan fingerprint density at radius 2 is 2.15 bits per heavy atom. The van der Waals surface area contributed by atoms with Crippen LogP contribution in [0.3, 0.4) is 0 Å². The zero-order valence-electron chi connectivity index (χ0n) is 6.35. The van der Waals surface area contributed by atoms with Crippen LogP contribution in [0.4, 0.5) is 13.2 Å². The molecule has 1 N–H and O–H groups in total. The van der Waals surface area contributed by atoms with Crippen molar-refractivity contribution in [2.24, 2.45) is 0 Å². The molecule has 0 fully saturated rings. The Kier molecular flexibility index (Phi) is 2.63. The molecule has 0 aliphatic rings. The summed E-state index contributed by atoms with van der Waals surface area (Å²) in [6.07, 6.45) is -3.83. The largest absolute Gasteiger partial charge is 0.455 e. The molecule has 13 heavy (non-hydrogen) atoms. The molecule has 0 saturated carbocycles. The third kappa shape index (κ3) is 2.53. The van der Waals surface area contributed by atoms with Crippen LogP contribution in [0.25, 0.3) is 0 Å².